The number of hydrogen-bond acceptors (Lipinski definition) is 6. The van der Waals surface area contributed by atoms with Crippen LogP contribution in [0.5, 0.6) is 5.75 Å². The molecule has 7 nitrogen and oxygen atoms in total. The summed E-state index contributed by atoms with van der Waals surface area (Å²) in [6.07, 6.45) is -0.662. The lowest BCUT2D eigenvalue weighted by Crippen LogP contribution is -2.54. The predicted molar refractivity (Wildman–Crippen MR) is 64.5 cm³/mol. The molecule has 0 atom stereocenters. The van der Waals surface area contributed by atoms with Crippen LogP contribution in [0.25, 0.3) is 0 Å². The maximum atomic E-state index is 10.9. The zero-order chi connectivity index (χ0) is 13.9. The molecule has 2 rings (SSSR count). The van der Waals surface area contributed by atoms with Crippen LogP contribution in [0.4, 0.5) is 0 Å². The molecule has 1 saturated heterocycles. The van der Waals surface area contributed by atoms with Crippen molar-refractivity contribution in [2.75, 3.05) is 26.9 Å². The second-order valence-electron chi connectivity index (χ2n) is 4.37. The Morgan fingerprint density at radius 2 is 2.00 bits per heavy atom. The molecule has 1 aliphatic rings. The summed E-state index contributed by atoms with van der Waals surface area (Å²) in [6, 6.07) is 7.04. The van der Waals surface area contributed by atoms with Gasteiger partial charge in [0.1, 0.15) is 25.6 Å². The maximum absolute atomic E-state index is 10.9. The van der Waals surface area contributed by atoms with Gasteiger partial charge in [0, 0.05) is 10.5 Å². The Balaban J connectivity index is 2.04. The molecule has 0 amide bonds. The van der Waals surface area contributed by atoms with Gasteiger partial charge < -0.3 is 19.3 Å². The number of nitro groups is 1. The number of hydrogen-bond donors (Lipinski definition) is 1. The third-order valence-corrected chi connectivity index (χ3v) is 3.08. The molecule has 1 N–H and O–H groups in total. The molecule has 1 heterocycles. The van der Waals surface area contributed by atoms with Crippen molar-refractivity contribution in [2.45, 2.75) is 11.8 Å². The van der Waals surface area contributed by atoms with E-state index in [9.17, 15) is 10.1 Å². The zero-order valence-electron chi connectivity index (χ0n) is 10.4. The van der Waals surface area contributed by atoms with Crippen molar-refractivity contribution in [3.8, 4) is 5.75 Å². The van der Waals surface area contributed by atoms with Gasteiger partial charge in [-0.25, -0.2) is 0 Å². The summed E-state index contributed by atoms with van der Waals surface area (Å²) in [4.78, 5) is 10.3. The first-order valence-electron chi connectivity index (χ1n) is 5.74. The molecule has 1 fully saturated rings. The lowest BCUT2D eigenvalue weighted by atomic mass is 10.0. The number of benzene rings is 1. The Bertz CT molecular complexity index is 438. The molecule has 0 unspecified atom stereocenters. The minimum Gasteiger partial charge on any atom is -0.497 e. The van der Waals surface area contributed by atoms with E-state index in [0.717, 1.165) is 5.56 Å². The first kappa shape index (κ1) is 13.7. The van der Waals surface area contributed by atoms with E-state index in [-0.39, 0.29) is 13.2 Å². The third-order valence-electron chi connectivity index (χ3n) is 3.08. The normalized spacial score (nSPS) is 26.9. The summed E-state index contributed by atoms with van der Waals surface area (Å²) in [5.74, 6) is 0.703. The largest absolute Gasteiger partial charge is 0.497 e. The van der Waals surface area contributed by atoms with Gasteiger partial charge in [0.05, 0.1) is 7.11 Å². The number of methoxy groups -OCH3 is 1. The number of rotatable bonds is 4. The second-order valence-corrected chi connectivity index (χ2v) is 4.37. The highest BCUT2D eigenvalue weighted by Gasteiger charge is 2.48. The average molecular weight is 269 g/mol. The lowest BCUT2D eigenvalue weighted by molar-refractivity contribution is -0.595. The van der Waals surface area contributed by atoms with Crippen molar-refractivity contribution in [1.82, 2.24) is 0 Å². The Morgan fingerprint density at radius 1 is 1.42 bits per heavy atom. The Hall–Kier alpha value is -1.70. The molecule has 0 bridgehead atoms. The highest BCUT2D eigenvalue weighted by Crippen LogP contribution is 2.29. The highest BCUT2D eigenvalue weighted by atomic mass is 16.7. The summed E-state index contributed by atoms with van der Waals surface area (Å²) in [6.45, 7) is -0.990. The van der Waals surface area contributed by atoms with Gasteiger partial charge in [-0.05, 0) is 12.1 Å². The molecule has 7 heteroatoms. The molecule has 0 aromatic heterocycles. The Morgan fingerprint density at radius 3 is 2.42 bits per heavy atom. The van der Waals surface area contributed by atoms with Crippen LogP contribution in [0.3, 0.4) is 0 Å². The van der Waals surface area contributed by atoms with E-state index in [0.29, 0.717) is 5.75 Å². The lowest BCUT2D eigenvalue weighted by Gasteiger charge is -2.32. The van der Waals surface area contributed by atoms with Gasteiger partial charge >= 0.3 is 0 Å². The van der Waals surface area contributed by atoms with Crippen LogP contribution in [0.1, 0.15) is 11.9 Å². The van der Waals surface area contributed by atoms with Gasteiger partial charge in [0.15, 0.2) is 6.29 Å². The fraction of sp³-hybridized carbons (Fsp3) is 0.500. The van der Waals surface area contributed by atoms with Crippen LogP contribution in [-0.4, -0.2) is 42.5 Å². The van der Waals surface area contributed by atoms with Gasteiger partial charge in [-0.1, -0.05) is 12.1 Å². The van der Waals surface area contributed by atoms with Crippen LogP contribution in [0, 0.1) is 10.1 Å². The number of nitrogens with zero attached hydrogens (tertiary/aromatic N) is 1. The van der Waals surface area contributed by atoms with Crippen molar-refractivity contribution >= 4 is 0 Å². The van der Waals surface area contributed by atoms with Crippen LogP contribution < -0.4 is 4.74 Å². The third kappa shape index (κ3) is 2.67. The molecule has 0 spiro atoms. The van der Waals surface area contributed by atoms with Crippen LogP contribution in [0.15, 0.2) is 24.3 Å². The molecule has 19 heavy (non-hydrogen) atoms. The molecule has 104 valence electrons. The minimum absolute atomic E-state index is 0.187. The van der Waals surface area contributed by atoms with Crippen molar-refractivity contribution in [3.05, 3.63) is 39.9 Å². The molecule has 1 aliphatic heterocycles. The van der Waals surface area contributed by atoms with E-state index < -0.39 is 23.4 Å². The van der Waals surface area contributed by atoms with E-state index in [2.05, 4.69) is 0 Å². The van der Waals surface area contributed by atoms with Gasteiger partial charge in [-0.15, -0.1) is 0 Å². The van der Waals surface area contributed by atoms with E-state index in [4.69, 9.17) is 19.3 Å². The number of aliphatic hydroxyl groups is 1. The van der Waals surface area contributed by atoms with E-state index >= 15 is 0 Å². The SMILES string of the molecule is COc1ccc(C2OCC(CO)([N+](=O)[O-])CO2)cc1. The summed E-state index contributed by atoms with van der Waals surface area (Å²) in [7, 11) is 1.56. The van der Waals surface area contributed by atoms with Crippen LogP contribution in [0.2, 0.25) is 0 Å². The van der Waals surface area contributed by atoms with Crippen molar-refractivity contribution in [2.24, 2.45) is 0 Å². The highest BCUT2D eigenvalue weighted by molar-refractivity contribution is 5.28. The first-order valence-corrected chi connectivity index (χ1v) is 5.74. The maximum Gasteiger partial charge on any atom is 0.290 e. The van der Waals surface area contributed by atoms with Gasteiger partial charge in [0.2, 0.25) is 0 Å². The topological polar surface area (TPSA) is 91.1 Å². The standard InChI is InChI=1S/C12H15NO6/c1-17-10-4-2-9(3-5-10)11-18-7-12(6-14,8-19-11)13(15)16/h2-5,11,14H,6-8H2,1H3. The van der Waals surface area contributed by atoms with Gasteiger partial charge in [-0.3, -0.25) is 10.1 Å². The van der Waals surface area contributed by atoms with Gasteiger partial charge in [0.25, 0.3) is 5.54 Å². The molecular formula is C12H15NO6. The average Bonchev–Trinajstić information content (AvgIpc) is 2.47. The fourth-order valence-electron chi connectivity index (χ4n) is 1.76. The van der Waals surface area contributed by atoms with E-state index in [1.165, 1.54) is 0 Å². The van der Waals surface area contributed by atoms with Gasteiger partial charge in [-0.2, -0.15) is 0 Å². The summed E-state index contributed by atoms with van der Waals surface area (Å²) in [5, 5.41) is 20.0. The number of ether oxygens (including phenoxy) is 3. The fourth-order valence-corrected chi connectivity index (χ4v) is 1.76. The van der Waals surface area contributed by atoms with Crippen molar-refractivity contribution in [3.63, 3.8) is 0 Å². The molecular weight excluding hydrogens is 254 g/mol. The quantitative estimate of drug-likeness (QED) is 0.640. The predicted octanol–water partition coefficient (Wildman–Crippen LogP) is 0.748. The van der Waals surface area contributed by atoms with Crippen molar-refractivity contribution < 1.29 is 24.2 Å². The summed E-state index contributed by atoms with van der Waals surface area (Å²) >= 11 is 0. The molecule has 0 saturated carbocycles. The van der Waals surface area contributed by atoms with Crippen molar-refractivity contribution in [1.29, 1.82) is 0 Å². The molecule has 1 aromatic carbocycles. The van der Waals surface area contributed by atoms with E-state index in [1.807, 2.05) is 0 Å². The second kappa shape index (κ2) is 5.52. The van der Waals surface area contributed by atoms with Crippen LogP contribution >= 0.6 is 0 Å². The Labute approximate surface area is 109 Å². The van der Waals surface area contributed by atoms with Crippen LogP contribution in [-0.2, 0) is 9.47 Å². The minimum atomic E-state index is -1.57. The first-order chi connectivity index (χ1) is 9.11. The van der Waals surface area contributed by atoms with E-state index in [1.54, 1.807) is 31.4 Å². The Kier molecular flexibility index (Phi) is 3.98. The molecule has 0 radical (unpaired) electrons. The summed E-state index contributed by atoms with van der Waals surface area (Å²) < 4.78 is 15.7. The monoisotopic (exact) mass is 269 g/mol. The smallest absolute Gasteiger partial charge is 0.290 e. The molecule has 0 aliphatic carbocycles. The number of aliphatic hydroxyl groups excluding tert-OH is 1. The zero-order valence-corrected chi connectivity index (χ0v) is 10.4. The molecule has 1 aromatic rings. The summed E-state index contributed by atoms with van der Waals surface area (Å²) in [5.41, 5.74) is -0.820.